The van der Waals surface area contributed by atoms with E-state index in [4.69, 9.17) is 11.6 Å². The Labute approximate surface area is 160 Å². The van der Waals surface area contributed by atoms with Crippen LogP contribution >= 0.6 is 11.6 Å². The third kappa shape index (κ3) is 4.68. The molecule has 0 aliphatic carbocycles. The van der Waals surface area contributed by atoms with Crippen molar-refractivity contribution in [3.8, 4) is 0 Å². The van der Waals surface area contributed by atoms with Crippen molar-refractivity contribution >= 4 is 34.8 Å². The first-order valence-corrected chi connectivity index (χ1v) is 8.39. The molecule has 3 aromatic rings. The van der Waals surface area contributed by atoms with E-state index in [1.54, 1.807) is 18.2 Å². The average Bonchev–Trinajstić information content (AvgIpc) is 2.66. The number of rotatable bonds is 4. The molecule has 1 aromatic heterocycles. The summed E-state index contributed by atoms with van der Waals surface area (Å²) in [4.78, 5) is 28.8. The molecule has 2 N–H and O–H groups in total. The molecule has 0 atom stereocenters. The molecular weight excluding hydrogens is 369 g/mol. The normalized spacial score (nSPS) is 10.3. The van der Waals surface area contributed by atoms with Crippen molar-refractivity contribution < 1.29 is 14.0 Å². The topological polar surface area (TPSA) is 71.1 Å². The maximum Gasteiger partial charge on any atom is 0.257 e. The molecule has 0 spiro atoms. The Bertz CT molecular complexity index is 1010. The van der Waals surface area contributed by atoms with Gasteiger partial charge in [-0.3, -0.25) is 14.6 Å². The van der Waals surface area contributed by atoms with Crippen LogP contribution in [0.4, 0.5) is 15.8 Å². The molecule has 3 rings (SSSR count). The highest BCUT2D eigenvalue weighted by Crippen LogP contribution is 2.21. The van der Waals surface area contributed by atoms with Gasteiger partial charge >= 0.3 is 0 Å². The van der Waals surface area contributed by atoms with E-state index in [0.717, 1.165) is 5.56 Å². The fraction of sp³-hybridized carbons (Fsp3) is 0.0500. The minimum absolute atomic E-state index is 0.204. The molecule has 1 heterocycles. The summed E-state index contributed by atoms with van der Waals surface area (Å²) in [6.45, 7) is 1.84. The van der Waals surface area contributed by atoms with Gasteiger partial charge in [0.15, 0.2) is 0 Å². The number of amides is 2. The van der Waals surface area contributed by atoms with Gasteiger partial charge in [-0.25, -0.2) is 4.39 Å². The quantitative estimate of drug-likeness (QED) is 0.686. The number of carbonyl (C=O) groups is 2. The van der Waals surface area contributed by atoms with Gasteiger partial charge in [0.2, 0.25) is 0 Å². The maximum absolute atomic E-state index is 12.9. The van der Waals surface area contributed by atoms with E-state index in [1.165, 1.54) is 42.7 Å². The summed E-state index contributed by atoms with van der Waals surface area (Å²) >= 11 is 5.96. The molecule has 0 aliphatic rings. The first kappa shape index (κ1) is 18.5. The number of hydrogen-bond acceptors (Lipinski definition) is 3. The van der Waals surface area contributed by atoms with Crippen LogP contribution in [-0.4, -0.2) is 16.8 Å². The number of nitrogens with zero attached hydrogens (tertiary/aromatic N) is 1. The van der Waals surface area contributed by atoms with Crippen molar-refractivity contribution in [2.45, 2.75) is 6.92 Å². The predicted octanol–water partition coefficient (Wildman–Crippen LogP) is 4.69. The first-order valence-electron chi connectivity index (χ1n) is 8.02. The Morgan fingerprint density at radius 3 is 2.22 bits per heavy atom. The van der Waals surface area contributed by atoms with Gasteiger partial charge in [-0.1, -0.05) is 17.7 Å². The van der Waals surface area contributed by atoms with E-state index in [0.29, 0.717) is 16.4 Å². The largest absolute Gasteiger partial charge is 0.322 e. The molecule has 0 saturated heterocycles. The standard InChI is InChI=1S/C20H15ClFN3O2/c1-12-2-3-15(21)9-18(12)25-20(27)14-8-13(10-23-11-14)19(26)24-17-6-4-16(22)5-7-17/h2-11H,1H3,(H,24,26)(H,25,27). The number of carbonyl (C=O) groups excluding carboxylic acids is 2. The van der Waals surface area contributed by atoms with Gasteiger partial charge in [0, 0.05) is 28.8 Å². The maximum atomic E-state index is 12.9. The summed E-state index contributed by atoms with van der Waals surface area (Å²) in [6.07, 6.45) is 2.71. The summed E-state index contributed by atoms with van der Waals surface area (Å²) in [7, 11) is 0. The van der Waals surface area contributed by atoms with Crippen molar-refractivity contribution in [2.24, 2.45) is 0 Å². The van der Waals surface area contributed by atoms with E-state index in [-0.39, 0.29) is 11.1 Å². The fourth-order valence-corrected chi connectivity index (χ4v) is 2.52. The Kier molecular flexibility index (Phi) is 5.47. The van der Waals surface area contributed by atoms with Crippen molar-refractivity contribution in [2.75, 3.05) is 10.6 Å². The van der Waals surface area contributed by atoms with Crippen LogP contribution in [0.3, 0.4) is 0 Å². The molecule has 0 aliphatic heterocycles. The van der Waals surface area contributed by atoms with Crippen LogP contribution in [-0.2, 0) is 0 Å². The van der Waals surface area contributed by atoms with Gasteiger partial charge in [0.25, 0.3) is 11.8 Å². The zero-order valence-electron chi connectivity index (χ0n) is 14.3. The first-order chi connectivity index (χ1) is 12.9. The summed E-state index contributed by atoms with van der Waals surface area (Å²) in [5, 5.41) is 5.88. The van der Waals surface area contributed by atoms with E-state index in [2.05, 4.69) is 15.6 Å². The molecule has 0 unspecified atom stereocenters. The number of aromatic nitrogens is 1. The molecule has 0 fully saturated rings. The summed E-state index contributed by atoms with van der Waals surface area (Å²) in [6, 6.07) is 12.0. The Morgan fingerprint density at radius 1 is 0.926 bits per heavy atom. The number of halogens is 2. The van der Waals surface area contributed by atoms with Gasteiger partial charge in [-0.05, 0) is 55.0 Å². The Morgan fingerprint density at radius 2 is 1.56 bits per heavy atom. The number of anilines is 2. The third-order valence-corrected chi connectivity index (χ3v) is 4.05. The lowest BCUT2D eigenvalue weighted by Gasteiger charge is -2.10. The van der Waals surface area contributed by atoms with Crippen LogP contribution < -0.4 is 10.6 Å². The number of pyridine rings is 1. The number of benzene rings is 2. The van der Waals surface area contributed by atoms with Crippen LogP contribution in [0.1, 0.15) is 26.3 Å². The van der Waals surface area contributed by atoms with Crippen molar-refractivity contribution in [3.63, 3.8) is 0 Å². The summed E-state index contributed by atoms with van der Waals surface area (Å²) in [5.74, 6) is -1.27. The zero-order chi connectivity index (χ0) is 19.4. The predicted molar refractivity (Wildman–Crippen MR) is 103 cm³/mol. The second kappa shape index (κ2) is 7.97. The molecule has 2 amide bonds. The van der Waals surface area contributed by atoms with Gasteiger partial charge in [-0.15, -0.1) is 0 Å². The van der Waals surface area contributed by atoms with Gasteiger partial charge in [0.1, 0.15) is 5.82 Å². The molecule has 7 heteroatoms. The lowest BCUT2D eigenvalue weighted by molar-refractivity contribution is 0.102. The highest BCUT2D eigenvalue weighted by molar-refractivity contribution is 6.31. The summed E-state index contributed by atoms with van der Waals surface area (Å²) in [5.41, 5.74) is 2.29. The molecule has 0 radical (unpaired) electrons. The molecular formula is C20H15ClFN3O2. The lowest BCUT2D eigenvalue weighted by atomic mass is 10.1. The van der Waals surface area contributed by atoms with Gasteiger partial charge in [0.05, 0.1) is 11.1 Å². The highest BCUT2D eigenvalue weighted by Gasteiger charge is 2.13. The number of aryl methyl sites for hydroxylation is 1. The van der Waals surface area contributed by atoms with Crippen molar-refractivity contribution in [1.82, 2.24) is 4.98 Å². The van der Waals surface area contributed by atoms with Gasteiger partial charge < -0.3 is 10.6 Å². The Balaban J connectivity index is 1.76. The number of nitrogens with one attached hydrogen (secondary N) is 2. The lowest BCUT2D eigenvalue weighted by Crippen LogP contribution is -2.16. The van der Waals surface area contributed by atoms with Crippen LogP contribution in [0.15, 0.2) is 60.9 Å². The highest BCUT2D eigenvalue weighted by atomic mass is 35.5. The van der Waals surface area contributed by atoms with Crippen LogP contribution in [0.2, 0.25) is 5.02 Å². The molecule has 27 heavy (non-hydrogen) atoms. The van der Waals surface area contributed by atoms with Crippen molar-refractivity contribution in [1.29, 1.82) is 0 Å². The second-order valence-electron chi connectivity index (χ2n) is 5.84. The SMILES string of the molecule is Cc1ccc(Cl)cc1NC(=O)c1cncc(C(=O)Nc2ccc(F)cc2)c1. The molecule has 0 saturated carbocycles. The molecule has 0 bridgehead atoms. The van der Waals surface area contributed by atoms with E-state index in [1.807, 2.05) is 6.92 Å². The van der Waals surface area contributed by atoms with E-state index in [9.17, 15) is 14.0 Å². The molecule has 5 nitrogen and oxygen atoms in total. The monoisotopic (exact) mass is 383 g/mol. The minimum Gasteiger partial charge on any atom is -0.322 e. The minimum atomic E-state index is -0.456. The van der Waals surface area contributed by atoms with Crippen molar-refractivity contribution in [3.05, 3.63) is 88.5 Å². The molecule has 2 aromatic carbocycles. The van der Waals surface area contributed by atoms with Crippen LogP contribution in [0.25, 0.3) is 0 Å². The smallest absolute Gasteiger partial charge is 0.257 e. The zero-order valence-corrected chi connectivity index (χ0v) is 15.0. The average molecular weight is 384 g/mol. The Hall–Kier alpha value is -3.25. The molecule has 136 valence electrons. The fourth-order valence-electron chi connectivity index (χ4n) is 2.35. The number of hydrogen-bond donors (Lipinski definition) is 2. The van der Waals surface area contributed by atoms with Gasteiger partial charge in [-0.2, -0.15) is 0 Å². The second-order valence-corrected chi connectivity index (χ2v) is 6.27. The third-order valence-electron chi connectivity index (χ3n) is 3.81. The van der Waals surface area contributed by atoms with Crippen LogP contribution in [0, 0.1) is 12.7 Å². The van der Waals surface area contributed by atoms with E-state index < -0.39 is 17.6 Å². The van der Waals surface area contributed by atoms with Crippen LogP contribution in [0.5, 0.6) is 0 Å². The van der Waals surface area contributed by atoms with E-state index >= 15 is 0 Å². The summed E-state index contributed by atoms with van der Waals surface area (Å²) < 4.78 is 12.9.